The summed E-state index contributed by atoms with van der Waals surface area (Å²) < 4.78 is 0.953. The Balaban J connectivity index is 1.70. The van der Waals surface area contributed by atoms with Crippen molar-refractivity contribution in [2.45, 2.75) is 6.92 Å². The molecule has 9 nitrogen and oxygen atoms in total. The second kappa shape index (κ2) is 7.97. The Morgan fingerprint density at radius 3 is 2.29 bits per heavy atom. The van der Waals surface area contributed by atoms with Crippen LogP contribution in [-0.4, -0.2) is 33.8 Å². The van der Waals surface area contributed by atoms with E-state index in [1.165, 1.54) is 11.8 Å². The van der Waals surface area contributed by atoms with Crippen molar-refractivity contribution in [3.05, 3.63) is 53.6 Å². The first kappa shape index (κ1) is 19.2. The van der Waals surface area contributed by atoms with E-state index in [2.05, 4.69) is 20.7 Å². The molecule has 10 heteroatoms. The molecule has 0 atom stereocenters. The second-order valence-electron chi connectivity index (χ2n) is 5.89. The molecular formula is C18H18ClN7O2. The minimum absolute atomic E-state index is 0.0677. The van der Waals surface area contributed by atoms with Gasteiger partial charge in [0.15, 0.2) is 0 Å². The Labute approximate surface area is 166 Å². The summed E-state index contributed by atoms with van der Waals surface area (Å²) >= 11 is 5.83. The van der Waals surface area contributed by atoms with Gasteiger partial charge in [-0.25, -0.2) is 4.79 Å². The maximum atomic E-state index is 12.3. The zero-order valence-corrected chi connectivity index (χ0v) is 15.9. The number of hydrogen-bond donors (Lipinski definition) is 3. The fraction of sp³-hybridized carbons (Fsp3) is 0.111. The number of carbonyl (C=O) groups excluding carboxylic acids is 2. The van der Waals surface area contributed by atoms with Crippen LogP contribution in [0.15, 0.2) is 48.5 Å². The standard InChI is InChI=1S/C18H18ClN7O2/c1-11(27)25(2)15-9-7-13(8-10-15)21-17-23-16(20)26(24-17)18(28)22-14-5-3-12(19)4-6-14/h3-10H,1-2H3,(H,22,28)(H3,20,21,23,24). The number of aromatic nitrogens is 3. The molecule has 0 unspecified atom stereocenters. The van der Waals surface area contributed by atoms with E-state index in [9.17, 15) is 9.59 Å². The average Bonchev–Trinajstić information content (AvgIpc) is 3.04. The summed E-state index contributed by atoms with van der Waals surface area (Å²) in [5.74, 6) is 0.0268. The predicted octanol–water partition coefficient (Wildman–Crippen LogP) is 3.32. The molecule has 0 aliphatic carbocycles. The van der Waals surface area contributed by atoms with Gasteiger partial charge in [0, 0.05) is 36.1 Å². The minimum atomic E-state index is -0.557. The molecule has 3 rings (SSSR count). The molecule has 0 aliphatic heterocycles. The number of nitrogens with zero attached hydrogens (tertiary/aromatic N) is 4. The van der Waals surface area contributed by atoms with Gasteiger partial charge in [-0.05, 0) is 48.5 Å². The summed E-state index contributed by atoms with van der Waals surface area (Å²) in [6.07, 6.45) is 0. The molecule has 1 heterocycles. The summed E-state index contributed by atoms with van der Waals surface area (Å²) in [6.45, 7) is 1.49. The van der Waals surface area contributed by atoms with Crippen LogP contribution in [0.5, 0.6) is 0 Å². The molecule has 1 aromatic heterocycles. The van der Waals surface area contributed by atoms with E-state index in [4.69, 9.17) is 17.3 Å². The average molecular weight is 400 g/mol. The third-order valence-corrected chi connectivity index (χ3v) is 4.16. The van der Waals surface area contributed by atoms with E-state index >= 15 is 0 Å². The van der Waals surface area contributed by atoms with Gasteiger partial charge in [-0.3, -0.25) is 4.79 Å². The highest BCUT2D eigenvalue weighted by molar-refractivity contribution is 6.30. The third-order valence-electron chi connectivity index (χ3n) is 3.90. The van der Waals surface area contributed by atoms with Crippen molar-refractivity contribution in [1.82, 2.24) is 14.8 Å². The molecule has 0 bridgehead atoms. The number of nitrogens with one attached hydrogen (secondary N) is 2. The number of anilines is 5. The molecule has 3 aromatic rings. The lowest BCUT2D eigenvalue weighted by atomic mass is 10.2. The van der Waals surface area contributed by atoms with Crippen molar-refractivity contribution in [3.8, 4) is 0 Å². The molecule has 0 saturated carbocycles. The van der Waals surface area contributed by atoms with E-state index in [1.807, 2.05) is 0 Å². The van der Waals surface area contributed by atoms with Gasteiger partial charge in [0.2, 0.25) is 17.8 Å². The van der Waals surface area contributed by atoms with Gasteiger partial charge in [0.25, 0.3) is 0 Å². The number of benzene rings is 2. The van der Waals surface area contributed by atoms with Gasteiger partial charge in [-0.15, -0.1) is 9.78 Å². The smallest absolute Gasteiger partial charge is 0.349 e. The van der Waals surface area contributed by atoms with Gasteiger partial charge in [0.1, 0.15) is 0 Å². The van der Waals surface area contributed by atoms with Gasteiger partial charge in [0.05, 0.1) is 0 Å². The number of carbonyl (C=O) groups is 2. The Hall–Kier alpha value is -3.59. The van der Waals surface area contributed by atoms with Crippen molar-refractivity contribution in [1.29, 1.82) is 0 Å². The van der Waals surface area contributed by atoms with E-state index < -0.39 is 6.03 Å². The van der Waals surface area contributed by atoms with Gasteiger partial charge < -0.3 is 21.3 Å². The lowest BCUT2D eigenvalue weighted by Gasteiger charge is -2.15. The van der Waals surface area contributed by atoms with Crippen LogP contribution in [0.25, 0.3) is 0 Å². The van der Waals surface area contributed by atoms with Crippen LogP contribution in [0.1, 0.15) is 6.92 Å². The SMILES string of the molecule is CC(=O)N(C)c1ccc(Nc2nc(N)n(C(=O)Nc3ccc(Cl)cc3)n2)cc1. The normalized spacial score (nSPS) is 10.4. The Kier molecular flexibility index (Phi) is 5.46. The molecule has 28 heavy (non-hydrogen) atoms. The van der Waals surface area contributed by atoms with Crippen LogP contribution in [-0.2, 0) is 4.79 Å². The van der Waals surface area contributed by atoms with Crippen LogP contribution < -0.4 is 21.3 Å². The van der Waals surface area contributed by atoms with E-state index in [-0.39, 0.29) is 17.8 Å². The molecule has 0 saturated heterocycles. The van der Waals surface area contributed by atoms with Gasteiger partial charge >= 0.3 is 6.03 Å². The number of amides is 2. The number of halogens is 1. The van der Waals surface area contributed by atoms with Gasteiger partial charge in [-0.1, -0.05) is 11.6 Å². The maximum absolute atomic E-state index is 12.3. The van der Waals surface area contributed by atoms with Crippen molar-refractivity contribution in [2.75, 3.05) is 28.3 Å². The fourth-order valence-electron chi connectivity index (χ4n) is 2.32. The van der Waals surface area contributed by atoms with Gasteiger partial charge in [-0.2, -0.15) is 4.98 Å². The third kappa shape index (κ3) is 4.38. The molecule has 4 N–H and O–H groups in total. The molecule has 0 fully saturated rings. The van der Waals surface area contributed by atoms with Crippen molar-refractivity contribution >= 4 is 52.5 Å². The number of hydrogen-bond acceptors (Lipinski definition) is 6. The zero-order valence-electron chi connectivity index (χ0n) is 15.2. The second-order valence-corrected chi connectivity index (χ2v) is 6.33. The number of nitrogens with two attached hydrogens (primary N) is 1. The first-order chi connectivity index (χ1) is 13.3. The molecule has 0 aliphatic rings. The van der Waals surface area contributed by atoms with Crippen molar-refractivity contribution in [3.63, 3.8) is 0 Å². The topological polar surface area (TPSA) is 118 Å². The van der Waals surface area contributed by atoms with E-state index in [0.717, 1.165) is 10.4 Å². The van der Waals surface area contributed by atoms with Crippen LogP contribution >= 0.6 is 11.6 Å². The highest BCUT2D eigenvalue weighted by Crippen LogP contribution is 2.20. The van der Waals surface area contributed by atoms with Crippen molar-refractivity contribution in [2.24, 2.45) is 0 Å². The summed E-state index contributed by atoms with van der Waals surface area (Å²) in [7, 11) is 1.69. The summed E-state index contributed by atoms with van der Waals surface area (Å²) in [5.41, 5.74) is 7.76. The molecular weight excluding hydrogens is 382 g/mol. The molecule has 144 valence electrons. The number of nitrogen functional groups attached to an aromatic ring is 1. The maximum Gasteiger partial charge on any atom is 0.349 e. The Morgan fingerprint density at radius 2 is 1.68 bits per heavy atom. The summed E-state index contributed by atoms with van der Waals surface area (Å²) in [6, 6.07) is 13.1. The minimum Gasteiger partial charge on any atom is -0.368 e. The van der Waals surface area contributed by atoms with Crippen LogP contribution in [0.4, 0.5) is 33.8 Å². The highest BCUT2D eigenvalue weighted by Gasteiger charge is 2.14. The number of rotatable bonds is 4. The fourth-order valence-corrected chi connectivity index (χ4v) is 2.44. The first-order valence-electron chi connectivity index (χ1n) is 8.24. The van der Waals surface area contributed by atoms with Crippen LogP contribution in [0.2, 0.25) is 5.02 Å². The monoisotopic (exact) mass is 399 g/mol. The lowest BCUT2D eigenvalue weighted by Crippen LogP contribution is -2.22. The van der Waals surface area contributed by atoms with E-state index in [1.54, 1.807) is 55.6 Å². The first-order valence-corrected chi connectivity index (χ1v) is 8.62. The zero-order chi connectivity index (χ0) is 20.3. The molecule has 0 radical (unpaired) electrons. The largest absolute Gasteiger partial charge is 0.368 e. The summed E-state index contributed by atoms with van der Waals surface area (Å²) in [5, 5.41) is 10.2. The molecule has 0 spiro atoms. The molecule has 2 amide bonds. The lowest BCUT2D eigenvalue weighted by molar-refractivity contribution is -0.116. The quantitative estimate of drug-likeness (QED) is 0.619. The van der Waals surface area contributed by atoms with E-state index in [0.29, 0.717) is 16.4 Å². The van der Waals surface area contributed by atoms with Crippen molar-refractivity contribution < 1.29 is 9.59 Å². The van der Waals surface area contributed by atoms with Crippen LogP contribution in [0.3, 0.4) is 0 Å². The highest BCUT2D eigenvalue weighted by atomic mass is 35.5. The predicted molar refractivity (Wildman–Crippen MR) is 109 cm³/mol. The molecule has 2 aromatic carbocycles. The Morgan fingerprint density at radius 1 is 1.07 bits per heavy atom. The summed E-state index contributed by atoms with van der Waals surface area (Å²) in [4.78, 5) is 29.3. The van der Waals surface area contributed by atoms with Crippen LogP contribution in [0, 0.1) is 0 Å². The Bertz CT molecular complexity index is 1000.